The monoisotopic (exact) mass is 408 g/mol. The summed E-state index contributed by atoms with van der Waals surface area (Å²) >= 11 is 0. The molecule has 2 aliphatic rings. The number of carbonyl (C=O) groups excluding carboxylic acids is 3. The van der Waals surface area contributed by atoms with Gasteiger partial charge >= 0.3 is 6.03 Å². The Morgan fingerprint density at radius 3 is 2.75 bits per heavy atom. The summed E-state index contributed by atoms with van der Waals surface area (Å²) in [4.78, 5) is 39.2. The van der Waals surface area contributed by atoms with Crippen LogP contribution in [0.5, 0.6) is 0 Å². The van der Waals surface area contributed by atoms with Gasteiger partial charge in [0.05, 0.1) is 23.1 Å². The maximum atomic E-state index is 12.7. The molecule has 11 heteroatoms. The topological polar surface area (TPSA) is 143 Å². The van der Waals surface area contributed by atoms with Crippen molar-refractivity contribution in [3.63, 3.8) is 0 Å². The van der Waals surface area contributed by atoms with E-state index in [1.807, 2.05) is 5.32 Å². The van der Waals surface area contributed by atoms with Gasteiger partial charge in [-0.3, -0.25) is 19.6 Å². The highest BCUT2D eigenvalue weighted by molar-refractivity contribution is 7.94. The second-order valence-corrected chi connectivity index (χ2v) is 8.23. The zero-order valence-corrected chi connectivity index (χ0v) is 15.9. The second kappa shape index (κ2) is 8.07. The van der Waals surface area contributed by atoms with Crippen molar-refractivity contribution in [3.8, 4) is 0 Å². The van der Waals surface area contributed by atoms with Crippen molar-refractivity contribution in [2.24, 2.45) is 4.99 Å². The highest BCUT2D eigenvalue weighted by Gasteiger charge is 2.39. The van der Waals surface area contributed by atoms with Gasteiger partial charge in [-0.1, -0.05) is 12.1 Å². The first kappa shape index (κ1) is 20.0. The predicted molar refractivity (Wildman–Crippen MR) is 101 cm³/mol. The van der Waals surface area contributed by atoms with Crippen molar-refractivity contribution in [3.05, 3.63) is 29.8 Å². The third-order valence-corrected chi connectivity index (χ3v) is 6.05. The molecule has 0 radical (unpaired) electrons. The van der Waals surface area contributed by atoms with Crippen LogP contribution in [0.15, 0.2) is 29.3 Å². The summed E-state index contributed by atoms with van der Waals surface area (Å²) in [6.45, 7) is 2.25. The number of nitrogens with one attached hydrogen (secondary N) is 3. The van der Waals surface area contributed by atoms with E-state index in [2.05, 4.69) is 15.0 Å². The Bertz CT molecular complexity index is 937. The van der Waals surface area contributed by atoms with Crippen LogP contribution in [0.1, 0.15) is 30.1 Å². The Morgan fingerprint density at radius 1 is 1.32 bits per heavy atom. The van der Waals surface area contributed by atoms with Crippen LogP contribution < -0.4 is 15.4 Å². The third-order valence-electron chi connectivity index (χ3n) is 4.37. The number of imide groups is 1. The summed E-state index contributed by atoms with van der Waals surface area (Å²) < 4.78 is 33.1. The fourth-order valence-corrected chi connectivity index (χ4v) is 4.51. The smallest absolute Gasteiger partial charge is 0.347 e. The van der Waals surface area contributed by atoms with E-state index in [9.17, 15) is 22.8 Å². The number of aliphatic imine (C=N–C) groups is 1. The van der Waals surface area contributed by atoms with Crippen LogP contribution >= 0.6 is 0 Å². The predicted octanol–water partition coefficient (Wildman–Crippen LogP) is 0.416. The van der Waals surface area contributed by atoms with Crippen LogP contribution in [-0.2, 0) is 19.6 Å². The van der Waals surface area contributed by atoms with E-state index >= 15 is 0 Å². The van der Waals surface area contributed by atoms with E-state index in [4.69, 9.17) is 4.74 Å². The highest BCUT2D eigenvalue weighted by atomic mass is 32.2. The van der Waals surface area contributed by atoms with Crippen LogP contribution in [0.4, 0.5) is 10.5 Å². The molecule has 1 aromatic rings. The van der Waals surface area contributed by atoms with Gasteiger partial charge in [0, 0.05) is 13.2 Å². The standard InChI is InChI=1S/C17H20N4O6S/c1-10-14(16(23)20-17(24)19-10)28(25,26)21-13-7-3-2-6-12(13)15(22)18-9-11-5-4-8-27-11/h2-3,6-7,11,14,21H,4-5,8-9H2,1H3,(H,18,22)(H,20,23,24). The average Bonchev–Trinajstić information content (AvgIpc) is 3.12. The van der Waals surface area contributed by atoms with Gasteiger partial charge in [-0.2, -0.15) is 0 Å². The van der Waals surface area contributed by atoms with Crippen molar-refractivity contribution in [1.29, 1.82) is 0 Å². The van der Waals surface area contributed by atoms with E-state index in [-0.39, 0.29) is 23.1 Å². The number of nitrogens with zero attached hydrogens (tertiary/aromatic N) is 1. The Hall–Kier alpha value is -2.79. The number of hydrogen-bond acceptors (Lipinski definition) is 6. The maximum absolute atomic E-state index is 12.7. The zero-order valence-electron chi connectivity index (χ0n) is 15.1. The SMILES string of the molecule is CC1=NC(=O)NC(=O)C1S(=O)(=O)Nc1ccccc1C(=O)NCC1CCCO1. The molecule has 2 aliphatic heterocycles. The van der Waals surface area contributed by atoms with Crippen molar-refractivity contribution in [2.75, 3.05) is 17.9 Å². The molecule has 0 aliphatic carbocycles. The van der Waals surface area contributed by atoms with Crippen LogP contribution in [0.3, 0.4) is 0 Å². The maximum Gasteiger partial charge on any atom is 0.347 e. The number of rotatable bonds is 6. The van der Waals surface area contributed by atoms with E-state index < -0.39 is 33.1 Å². The molecular formula is C17H20N4O6S. The molecule has 3 rings (SSSR count). The molecule has 28 heavy (non-hydrogen) atoms. The van der Waals surface area contributed by atoms with Gasteiger partial charge in [-0.25, -0.2) is 18.2 Å². The number of ether oxygens (including phenoxy) is 1. The fourth-order valence-electron chi connectivity index (χ4n) is 3.06. The lowest BCUT2D eigenvalue weighted by atomic mass is 10.1. The number of sulfonamides is 1. The first-order valence-corrected chi connectivity index (χ1v) is 10.2. The lowest BCUT2D eigenvalue weighted by Gasteiger charge is -2.21. The number of anilines is 1. The summed E-state index contributed by atoms with van der Waals surface area (Å²) in [6, 6.07) is 5.12. The molecule has 2 atom stereocenters. The van der Waals surface area contributed by atoms with Crippen molar-refractivity contribution in [2.45, 2.75) is 31.1 Å². The molecule has 2 unspecified atom stereocenters. The zero-order chi connectivity index (χ0) is 20.3. The normalized spacial score (nSPS) is 22.4. The molecule has 10 nitrogen and oxygen atoms in total. The first-order valence-electron chi connectivity index (χ1n) is 8.68. The average molecular weight is 408 g/mol. The third kappa shape index (κ3) is 4.37. The summed E-state index contributed by atoms with van der Waals surface area (Å²) in [5.41, 5.74) is -0.0302. The molecule has 0 bridgehead atoms. The molecule has 2 heterocycles. The molecule has 0 aromatic heterocycles. The summed E-state index contributed by atoms with van der Waals surface area (Å²) in [6.07, 6.45) is 1.72. The first-order chi connectivity index (χ1) is 13.3. The second-order valence-electron chi connectivity index (χ2n) is 6.47. The van der Waals surface area contributed by atoms with E-state index in [1.54, 1.807) is 12.1 Å². The molecule has 1 saturated heterocycles. The fraction of sp³-hybridized carbons (Fsp3) is 0.412. The molecule has 0 spiro atoms. The molecule has 3 N–H and O–H groups in total. The van der Waals surface area contributed by atoms with Gasteiger partial charge in [0.25, 0.3) is 11.8 Å². The Balaban J connectivity index is 1.78. The minimum Gasteiger partial charge on any atom is -0.376 e. The van der Waals surface area contributed by atoms with Crippen LogP contribution in [0, 0.1) is 0 Å². The molecular weight excluding hydrogens is 388 g/mol. The lowest BCUT2D eigenvalue weighted by molar-refractivity contribution is -0.118. The number of hydrogen-bond donors (Lipinski definition) is 3. The van der Waals surface area contributed by atoms with Gasteiger partial charge in [0.15, 0.2) is 5.25 Å². The van der Waals surface area contributed by atoms with Gasteiger partial charge in [-0.15, -0.1) is 0 Å². The summed E-state index contributed by atoms with van der Waals surface area (Å²) in [5.74, 6) is -1.47. The molecule has 150 valence electrons. The number of benzene rings is 1. The minimum absolute atomic E-state index is 0.0184. The van der Waals surface area contributed by atoms with Crippen LogP contribution in [0.25, 0.3) is 0 Å². The lowest BCUT2D eigenvalue weighted by Crippen LogP contribution is -2.51. The minimum atomic E-state index is -4.29. The Morgan fingerprint density at radius 2 is 2.07 bits per heavy atom. The van der Waals surface area contributed by atoms with E-state index in [0.29, 0.717) is 13.2 Å². The van der Waals surface area contributed by atoms with Gasteiger partial charge in [0.1, 0.15) is 0 Å². The largest absolute Gasteiger partial charge is 0.376 e. The van der Waals surface area contributed by atoms with Gasteiger partial charge in [-0.05, 0) is 31.9 Å². The van der Waals surface area contributed by atoms with E-state index in [1.165, 1.54) is 19.1 Å². The highest BCUT2D eigenvalue weighted by Crippen LogP contribution is 2.20. The molecule has 1 fully saturated rings. The van der Waals surface area contributed by atoms with Gasteiger partial charge in [0.2, 0.25) is 10.0 Å². The Labute approximate surface area is 161 Å². The van der Waals surface area contributed by atoms with Crippen molar-refractivity contribution >= 4 is 39.3 Å². The molecule has 4 amide bonds. The summed E-state index contributed by atoms with van der Waals surface area (Å²) in [7, 11) is -4.29. The van der Waals surface area contributed by atoms with Crippen LogP contribution in [-0.4, -0.2) is 56.5 Å². The van der Waals surface area contributed by atoms with Gasteiger partial charge < -0.3 is 10.1 Å². The molecule has 1 aromatic carbocycles. The quantitative estimate of drug-likeness (QED) is 0.622. The Kier molecular flexibility index (Phi) is 5.75. The number of carbonyl (C=O) groups is 3. The van der Waals surface area contributed by atoms with Crippen molar-refractivity contribution in [1.82, 2.24) is 10.6 Å². The number of para-hydroxylation sites is 1. The number of urea groups is 1. The summed E-state index contributed by atoms with van der Waals surface area (Å²) in [5, 5.41) is 2.91. The van der Waals surface area contributed by atoms with E-state index in [0.717, 1.165) is 12.8 Å². The number of amides is 4. The van der Waals surface area contributed by atoms with Crippen molar-refractivity contribution < 1.29 is 27.5 Å². The molecule has 0 saturated carbocycles. The van der Waals surface area contributed by atoms with Crippen LogP contribution in [0.2, 0.25) is 0 Å².